The Morgan fingerprint density at radius 1 is 1.20 bits per heavy atom. The molecule has 0 aliphatic carbocycles. The highest BCUT2D eigenvalue weighted by molar-refractivity contribution is 6.00. The highest BCUT2D eigenvalue weighted by atomic mass is 16.3. The van der Waals surface area contributed by atoms with Crippen LogP contribution in [0.25, 0.3) is 0 Å². The minimum atomic E-state index is -0.121. The molecule has 0 radical (unpaired) electrons. The van der Waals surface area contributed by atoms with Gasteiger partial charge in [-0.1, -0.05) is 37.3 Å². The first-order valence-electron chi connectivity index (χ1n) is 4.90. The molecule has 0 bridgehead atoms. The number of hydrogen-bond acceptors (Lipinski definition) is 2. The van der Waals surface area contributed by atoms with Gasteiger partial charge < -0.3 is 4.42 Å². The van der Waals surface area contributed by atoms with Crippen molar-refractivity contribution in [1.82, 2.24) is 0 Å². The number of furan rings is 1. The van der Waals surface area contributed by atoms with Gasteiger partial charge in [0.05, 0.1) is 11.8 Å². The van der Waals surface area contributed by atoms with Crippen molar-refractivity contribution in [2.75, 3.05) is 0 Å². The van der Waals surface area contributed by atoms with Crippen LogP contribution in [0.1, 0.15) is 28.8 Å². The predicted octanol–water partition coefficient (Wildman–Crippen LogP) is 3.27. The van der Waals surface area contributed by atoms with Crippen molar-refractivity contribution >= 4 is 5.78 Å². The van der Waals surface area contributed by atoms with Crippen LogP contribution in [0.5, 0.6) is 0 Å². The van der Waals surface area contributed by atoms with Crippen LogP contribution in [-0.2, 0) is 0 Å². The summed E-state index contributed by atoms with van der Waals surface area (Å²) in [4.78, 5) is 11.9. The molecule has 0 saturated heterocycles. The predicted molar refractivity (Wildman–Crippen MR) is 57.9 cm³/mol. The molecule has 2 aromatic rings. The van der Waals surface area contributed by atoms with Crippen LogP contribution in [0.2, 0.25) is 0 Å². The molecule has 1 aromatic heterocycles. The zero-order valence-corrected chi connectivity index (χ0v) is 8.51. The number of hydrogen-bond donors (Lipinski definition) is 0. The molecule has 1 atom stereocenters. The van der Waals surface area contributed by atoms with Crippen molar-refractivity contribution in [3.05, 3.63) is 60.1 Å². The van der Waals surface area contributed by atoms with E-state index >= 15 is 0 Å². The molecule has 0 fully saturated rings. The summed E-state index contributed by atoms with van der Waals surface area (Å²) < 4.78 is 4.90. The molecule has 2 rings (SSSR count). The monoisotopic (exact) mass is 200 g/mol. The maximum Gasteiger partial charge on any atom is 0.173 e. The van der Waals surface area contributed by atoms with Crippen LogP contribution >= 0.6 is 0 Å². The summed E-state index contributed by atoms with van der Waals surface area (Å²) in [5.41, 5.74) is 1.66. The summed E-state index contributed by atoms with van der Waals surface area (Å²) in [7, 11) is 0. The average molecular weight is 200 g/mol. The third-order valence-corrected chi connectivity index (χ3v) is 2.50. The van der Waals surface area contributed by atoms with E-state index in [-0.39, 0.29) is 11.7 Å². The number of benzene rings is 1. The average Bonchev–Trinajstić information content (AvgIpc) is 2.82. The second-order valence-corrected chi connectivity index (χ2v) is 3.51. The first kappa shape index (κ1) is 9.71. The van der Waals surface area contributed by atoms with Crippen molar-refractivity contribution in [2.24, 2.45) is 0 Å². The Balaban J connectivity index is 2.23. The van der Waals surface area contributed by atoms with Crippen LogP contribution in [0, 0.1) is 0 Å². The van der Waals surface area contributed by atoms with Crippen molar-refractivity contribution < 1.29 is 9.21 Å². The van der Waals surface area contributed by atoms with Gasteiger partial charge in [-0.2, -0.15) is 0 Å². The molecule has 0 aliphatic heterocycles. The van der Waals surface area contributed by atoms with E-state index in [4.69, 9.17) is 4.42 Å². The van der Waals surface area contributed by atoms with E-state index in [0.717, 1.165) is 5.56 Å². The molecule has 1 heterocycles. The van der Waals surface area contributed by atoms with Gasteiger partial charge in [-0.25, -0.2) is 0 Å². The number of Topliss-reactive ketones (excluding diaryl/α,β-unsaturated/α-hetero) is 1. The minimum absolute atomic E-state index is 0.0925. The van der Waals surface area contributed by atoms with Crippen molar-refractivity contribution in [1.29, 1.82) is 0 Å². The Bertz CT molecular complexity index is 429. The molecule has 0 aliphatic rings. The smallest absolute Gasteiger partial charge is 0.173 e. The van der Waals surface area contributed by atoms with E-state index in [2.05, 4.69) is 0 Å². The molecule has 1 unspecified atom stereocenters. The van der Waals surface area contributed by atoms with Crippen LogP contribution in [0.3, 0.4) is 0 Å². The van der Waals surface area contributed by atoms with Gasteiger partial charge in [0.1, 0.15) is 6.26 Å². The standard InChI is InChI=1S/C13H12O2/c1-10(11-5-3-2-4-6-11)13(14)12-7-8-15-9-12/h2-10H,1H3. The number of ketones is 1. The SMILES string of the molecule is CC(C(=O)c1ccoc1)c1ccccc1. The van der Waals surface area contributed by atoms with Crippen LogP contribution in [0.4, 0.5) is 0 Å². The molecule has 0 saturated carbocycles. The molecule has 15 heavy (non-hydrogen) atoms. The lowest BCUT2D eigenvalue weighted by molar-refractivity contribution is 0.0965. The van der Waals surface area contributed by atoms with Gasteiger partial charge in [-0.15, -0.1) is 0 Å². The second-order valence-electron chi connectivity index (χ2n) is 3.51. The fourth-order valence-electron chi connectivity index (χ4n) is 1.55. The third kappa shape index (κ3) is 1.99. The second kappa shape index (κ2) is 4.13. The summed E-state index contributed by atoms with van der Waals surface area (Å²) in [6, 6.07) is 11.4. The topological polar surface area (TPSA) is 30.2 Å². The van der Waals surface area contributed by atoms with Crippen molar-refractivity contribution in [3.8, 4) is 0 Å². The molecule has 0 spiro atoms. The number of rotatable bonds is 3. The highest BCUT2D eigenvalue weighted by Crippen LogP contribution is 2.20. The molecule has 2 heteroatoms. The fourth-order valence-corrected chi connectivity index (χ4v) is 1.55. The summed E-state index contributed by atoms with van der Waals surface area (Å²) in [5, 5.41) is 0. The molecule has 2 nitrogen and oxygen atoms in total. The normalized spacial score (nSPS) is 12.3. The maximum atomic E-state index is 11.9. The summed E-state index contributed by atoms with van der Waals surface area (Å²) in [5.74, 6) is -0.0289. The molecule has 1 aromatic carbocycles. The third-order valence-electron chi connectivity index (χ3n) is 2.50. The summed E-state index contributed by atoms with van der Waals surface area (Å²) in [6.45, 7) is 1.91. The van der Waals surface area contributed by atoms with Crippen molar-refractivity contribution in [3.63, 3.8) is 0 Å². The maximum absolute atomic E-state index is 11.9. The number of carbonyl (C=O) groups excluding carboxylic acids is 1. The van der Waals surface area contributed by atoms with E-state index in [9.17, 15) is 4.79 Å². The van der Waals surface area contributed by atoms with Gasteiger partial charge in [-0.05, 0) is 11.6 Å². The Labute approximate surface area is 88.5 Å². The summed E-state index contributed by atoms with van der Waals surface area (Å²) in [6.07, 6.45) is 3.01. The quantitative estimate of drug-likeness (QED) is 0.712. The van der Waals surface area contributed by atoms with E-state index in [0.29, 0.717) is 5.56 Å². The Morgan fingerprint density at radius 2 is 1.93 bits per heavy atom. The Morgan fingerprint density at radius 3 is 2.53 bits per heavy atom. The fraction of sp³-hybridized carbons (Fsp3) is 0.154. The number of carbonyl (C=O) groups is 1. The molecule has 0 N–H and O–H groups in total. The van der Waals surface area contributed by atoms with Gasteiger partial charge in [0, 0.05) is 5.92 Å². The lowest BCUT2D eigenvalue weighted by Gasteiger charge is -2.08. The lowest BCUT2D eigenvalue weighted by Crippen LogP contribution is -2.08. The van der Waals surface area contributed by atoms with E-state index in [1.165, 1.54) is 12.5 Å². The minimum Gasteiger partial charge on any atom is -0.472 e. The molecular formula is C13H12O2. The van der Waals surface area contributed by atoms with E-state index in [1.807, 2.05) is 37.3 Å². The first-order valence-corrected chi connectivity index (χ1v) is 4.90. The molecular weight excluding hydrogens is 188 g/mol. The van der Waals surface area contributed by atoms with Gasteiger partial charge in [0.15, 0.2) is 5.78 Å². The molecule has 0 amide bonds. The molecule has 76 valence electrons. The van der Waals surface area contributed by atoms with Crippen molar-refractivity contribution in [2.45, 2.75) is 12.8 Å². The van der Waals surface area contributed by atoms with E-state index < -0.39 is 0 Å². The van der Waals surface area contributed by atoms with Crippen LogP contribution < -0.4 is 0 Å². The zero-order chi connectivity index (χ0) is 10.7. The lowest BCUT2D eigenvalue weighted by atomic mass is 9.94. The van der Waals surface area contributed by atoms with Gasteiger partial charge in [0.2, 0.25) is 0 Å². The Hall–Kier alpha value is -1.83. The zero-order valence-electron chi connectivity index (χ0n) is 8.51. The van der Waals surface area contributed by atoms with Gasteiger partial charge in [0.25, 0.3) is 0 Å². The Kier molecular flexibility index (Phi) is 2.68. The highest BCUT2D eigenvalue weighted by Gasteiger charge is 2.17. The van der Waals surface area contributed by atoms with Gasteiger partial charge >= 0.3 is 0 Å². The first-order chi connectivity index (χ1) is 7.29. The largest absolute Gasteiger partial charge is 0.472 e. The van der Waals surface area contributed by atoms with Gasteiger partial charge in [-0.3, -0.25) is 4.79 Å². The van der Waals surface area contributed by atoms with Crippen LogP contribution in [-0.4, -0.2) is 5.78 Å². The van der Waals surface area contributed by atoms with E-state index in [1.54, 1.807) is 6.07 Å². The van der Waals surface area contributed by atoms with Crippen LogP contribution in [0.15, 0.2) is 53.3 Å². The summed E-state index contributed by atoms with van der Waals surface area (Å²) >= 11 is 0.